The summed E-state index contributed by atoms with van der Waals surface area (Å²) in [5.41, 5.74) is 2.35. The Morgan fingerprint density at radius 3 is 2.39 bits per heavy atom. The van der Waals surface area contributed by atoms with Crippen molar-refractivity contribution in [3.8, 4) is 0 Å². The van der Waals surface area contributed by atoms with Crippen molar-refractivity contribution >= 4 is 33.6 Å². The molecule has 2 aromatic rings. The first-order valence-electron chi connectivity index (χ1n) is 11.4. The van der Waals surface area contributed by atoms with Crippen molar-refractivity contribution < 1.29 is 18.0 Å². The molecule has 2 aliphatic carbocycles. The van der Waals surface area contributed by atoms with Crippen LogP contribution in [0.5, 0.6) is 0 Å². The fourth-order valence-electron chi connectivity index (χ4n) is 3.86. The Labute approximate surface area is 194 Å². The number of benzene rings is 2. The van der Waals surface area contributed by atoms with E-state index >= 15 is 0 Å². The zero-order valence-electron chi connectivity index (χ0n) is 18.4. The maximum absolute atomic E-state index is 12.3. The van der Waals surface area contributed by atoms with Gasteiger partial charge in [0.2, 0.25) is 21.8 Å². The Balaban J connectivity index is 1.27. The molecule has 2 fully saturated rings. The highest BCUT2D eigenvalue weighted by Crippen LogP contribution is 2.26. The molecular weight excluding hydrogens is 438 g/mol. The van der Waals surface area contributed by atoms with Gasteiger partial charge in [0.05, 0.1) is 4.90 Å². The van der Waals surface area contributed by atoms with Crippen molar-refractivity contribution in [1.82, 2.24) is 10.0 Å². The molecule has 0 saturated heterocycles. The van der Waals surface area contributed by atoms with Gasteiger partial charge < -0.3 is 10.6 Å². The first kappa shape index (κ1) is 23.2. The summed E-state index contributed by atoms with van der Waals surface area (Å²) in [5.74, 6) is -0.0941. The van der Waals surface area contributed by atoms with Crippen molar-refractivity contribution in [3.63, 3.8) is 0 Å². The summed E-state index contributed by atoms with van der Waals surface area (Å²) in [7, 11) is -3.48. The molecule has 0 aromatic heterocycles. The molecule has 0 atom stereocenters. The topological polar surface area (TPSA) is 104 Å². The molecule has 2 saturated carbocycles. The number of carbonyl (C=O) groups is 2. The van der Waals surface area contributed by atoms with Crippen LogP contribution in [0.2, 0.25) is 0 Å². The quantitative estimate of drug-likeness (QED) is 0.490. The molecule has 0 spiro atoms. The van der Waals surface area contributed by atoms with E-state index in [1.807, 2.05) is 24.3 Å². The van der Waals surface area contributed by atoms with Gasteiger partial charge >= 0.3 is 0 Å². The van der Waals surface area contributed by atoms with Crippen LogP contribution in [0.4, 0.5) is 5.69 Å². The summed E-state index contributed by atoms with van der Waals surface area (Å²) in [6, 6.07) is 13.9. The third-order valence-electron chi connectivity index (χ3n) is 5.90. The zero-order chi connectivity index (χ0) is 23.3. The molecule has 0 bridgehead atoms. The van der Waals surface area contributed by atoms with Crippen LogP contribution in [-0.2, 0) is 26.2 Å². The third kappa shape index (κ3) is 6.76. The molecule has 8 heteroatoms. The summed E-state index contributed by atoms with van der Waals surface area (Å²) in [6.45, 7) is 0.334. The van der Waals surface area contributed by atoms with E-state index in [0.29, 0.717) is 6.54 Å². The Morgan fingerprint density at radius 2 is 1.70 bits per heavy atom. The number of sulfonamides is 1. The van der Waals surface area contributed by atoms with E-state index in [1.165, 1.54) is 18.2 Å². The van der Waals surface area contributed by atoms with Crippen molar-refractivity contribution in [2.75, 3.05) is 5.32 Å². The second-order valence-corrected chi connectivity index (χ2v) is 10.4. The van der Waals surface area contributed by atoms with Crippen LogP contribution < -0.4 is 15.4 Å². The van der Waals surface area contributed by atoms with Crippen LogP contribution in [0.15, 0.2) is 59.5 Å². The second kappa shape index (κ2) is 10.3. The highest BCUT2D eigenvalue weighted by molar-refractivity contribution is 7.89. The average molecular weight is 468 g/mol. The minimum absolute atomic E-state index is 0.0579. The molecule has 7 nitrogen and oxygen atoms in total. The third-order valence-corrected chi connectivity index (χ3v) is 7.44. The van der Waals surface area contributed by atoms with E-state index in [2.05, 4.69) is 15.4 Å². The highest BCUT2D eigenvalue weighted by atomic mass is 32.2. The van der Waals surface area contributed by atoms with Gasteiger partial charge in [-0.1, -0.05) is 37.1 Å². The number of rotatable bonds is 9. The van der Waals surface area contributed by atoms with Gasteiger partial charge in [-0.05, 0) is 67.2 Å². The summed E-state index contributed by atoms with van der Waals surface area (Å²) < 4.78 is 27.1. The Bertz CT molecular complexity index is 1130. The van der Waals surface area contributed by atoms with Gasteiger partial charge in [-0.2, -0.15) is 0 Å². The molecule has 0 heterocycles. The van der Waals surface area contributed by atoms with Crippen molar-refractivity contribution in [1.29, 1.82) is 0 Å². The first-order valence-corrected chi connectivity index (χ1v) is 12.9. The number of hydrogen-bond donors (Lipinski definition) is 3. The highest BCUT2D eigenvalue weighted by Gasteiger charge is 2.27. The maximum atomic E-state index is 12.3. The standard InChI is InChI=1S/C25H29N3O4S/c29-24(15-10-18-8-13-23(14-9-18)33(31,32)28-21-11-12-21)26-17-19-4-3-7-22(16-19)27-25(30)20-5-1-2-6-20/h3-4,7-10,13-16,20-21,28H,1-2,5-6,11-12,17H2,(H,26,29)(H,27,30)/b15-10+. The van der Waals surface area contributed by atoms with Crippen molar-refractivity contribution in [3.05, 3.63) is 65.7 Å². The normalized spacial score (nSPS) is 16.7. The molecule has 3 N–H and O–H groups in total. The molecule has 2 amide bonds. The van der Waals surface area contributed by atoms with Gasteiger partial charge in [-0.15, -0.1) is 0 Å². The summed E-state index contributed by atoms with van der Waals surface area (Å²) >= 11 is 0. The van der Waals surface area contributed by atoms with Gasteiger partial charge in [-0.25, -0.2) is 13.1 Å². The first-order chi connectivity index (χ1) is 15.9. The fourth-order valence-corrected chi connectivity index (χ4v) is 5.16. The lowest BCUT2D eigenvalue weighted by molar-refractivity contribution is -0.119. The predicted molar refractivity (Wildman–Crippen MR) is 128 cm³/mol. The second-order valence-electron chi connectivity index (χ2n) is 8.69. The van der Waals surface area contributed by atoms with Crippen LogP contribution >= 0.6 is 0 Å². The van der Waals surface area contributed by atoms with Gasteiger partial charge in [0.15, 0.2) is 0 Å². The smallest absolute Gasteiger partial charge is 0.244 e. The van der Waals surface area contributed by atoms with Crippen LogP contribution in [0.1, 0.15) is 49.7 Å². The van der Waals surface area contributed by atoms with E-state index in [0.717, 1.165) is 55.3 Å². The Morgan fingerprint density at radius 1 is 0.970 bits per heavy atom. The summed E-state index contributed by atoms with van der Waals surface area (Å²) in [5, 5.41) is 5.80. The van der Waals surface area contributed by atoms with Crippen LogP contribution in [-0.4, -0.2) is 26.3 Å². The molecule has 0 unspecified atom stereocenters. The molecule has 0 aliphatic heterocycles. The number of nitrogens with one attached hydrogen (secondary N) is 3. The molecule has 174 valence electrons. The number of anilines is 1. The van der Waals surface area contributed by atoms with E-state index in [-0.39, 0.29) is 28.7 Å². The van der Waals surface area contributed by atoms with E-state index in [9.17, 15) is 18.0 Å². The maximum Gasteiger partial charge on any atom is 0.244 e. The molecular formula is C25H29N3O4S. The zero-order valence-corrected chi connectivity index (χ0v) is 19.2. The lowest BCUT2D eigenvalue weighted by Crippen LogP contribution is -2.25. The van der Waals surface area contributed by atoms with Gasteiger partial charge in [-0.3, -0.25) is 9.59 Å². The molecule has 0 radical (unpaired) electrons. The minimum Gasteiger partial charge on any atom is -0.348 e. The summed E-state index contributed by atoms with van der Waals surface area (Å²) in [4.78, 5) is 24.7. The fraction of sp³-hybridized carbons (Fsp3) is 0.360. The molecule has 2 aromatic carbocycles. The molecule has 2 aliphatic rings. The van der Waals surface area contributed by atoms with Crippen LogP contribution in [0.25, 0.3) is 6.08 Å². The van der Waals surface area contributed by atoms with Gasteiger partial charge in [0.25, 0.3) is 0 Å². The Hall–Kier alpha value is -2.97. The Kier molecular flexibility index (Phi) is 7.25. The molecule has 4 rings (SSSR count). The largest absolute Gasteiger partial charge is 0.348 e. The van der Waals surface area contributed by atoms with E-state index in [1.54, 1.807) is 18.2 Å². The number of amides is 2. The molecule has 33 heavy (non-hydrogen) atoms. The number of carbonyl (C=O) groups excluding carboxylic acids is 2. The minimum atomic E-state index is -3.48. The average Bonchev–Trinajstić information content (AvgIpc) is 3.43. The van der Waals surface area contributed by atoms with Crippen molar-refractivity contribution in [2.45, 2.75) is 56.0 Å². The lowest BCUT2D eigenvalue weighted by atomic mass is 10.1. The number of hydrogen-bond acceptors (Lipinski definition) is 4. The van der Waals surface area contributed by atoms with Crippen LogP contribution in [0.3, 0.4) is 0 Å². The van der Waals surface area contributed by atoms with Crippen LogP contribution in [0, 0.1) is 5.92 Å². The van der Waals surface area contributed by atoms with E-state index < -0.39 is 10.0 Å². The predicted octanol–water partition coefficient (Wildman–Crippen LogP) is 3.59. The SMILES string of the molecule is O=C(/C=C/c1ccc(S(=O)(=O)NC2CC2)cc1)NCc1cccc(NC(=O)C2CCCC2)c1. The lowest BCUT2D eigenvalue weighted by Gasteiger charge is -2.11. The van der Waals surface area contributed by atoms with E-state index in [4.69, 9.17) is 0 Å². The van der Waals surface area contributed by atoms with Crippen molar-refractivity contribution in [2.24, 2.45) is 5.92 Å². The monoisotopic (exact) mass is 467 g/mol. The van der Waals surface area contributed by atoms with Gasteiger partial charge in [0, 0.05) is 30.3 Å². The van der Waals surface area contributed by atoms with Gasteiger partial charge in [0.1, 0.15) is 0 Å². The summed E-state index contributed by atoms with van der Waals surface area (Å²) in [6.07, 6.45) is 8.93.